The van der Waals surface area contributed by atoms with Gasteiger partial charge in [0.2, 0.25) is 0 Å². The Morgan fingerprint density at radius 2 is 2.15 bits per heavy atom. The monoisotopic (exact) mass is 273 g/mol. The van der Waals surface area contributed by atoms with Crippen molar-refractivity contribution in [1.82, 2.24) is 9.78 Å². The fourth-order valence-corrected chi connectivity index (χ4v) is 1.95. The summed E-state index contributed by atoms with van der Waals surface area (Å²) in [6.07, 6.45) is 3.17. The van der Waals surface area contributed by atoms with Gasteiger partial charge >= 0.3 is 0 Å². The number of nitro groups is 1. The molecular formula is C14H15N3O3. The third kappa shape index (κ3) is 2.45. The van der Waals surface area contributed by atoms with E-state index in [1.807, 2.05) is 13.8 Å². The van der Waals surface area contributed by atoms with Crippen LogP contribution in [0, 0.1) is 10.1 Å². The van der Waals surface area contributed by atoms with Gasteiger partial charge in [-0.3, -0.25) is 19.6 Å². The molecule has 1 aromatic heterocycles. The van der Waals surface area contributed by atoms with Crippen LogP contribution in [-0.2, 0) is 0 Å². The van der Waals surface area contributed by atoms with E-state index in [9.17, 15) is 14.9 Å². The van der Waals surface area contributed by atoms with E-state index in [1.165, 1.54) is 6.07 Å². The zero-order chi connectivity index (χ0) is 14.7. The van der Waals surface area contributed by atoms with E-state index in [0.717, 1.165) is 6.42 Å². The van der Waals surface area contributed by atoms with Crippen LogP contribution in [-0.4, -0.2) is 21.0 Å². The van der Waals surface area contributed by atoms with Crippen LogP contribution < -0.4 is 0 Å². The SMILES string of the molecule is CCC(C)n1cc(C=O)c(-c2ccccc2[N+](=O)[O-])n1. The molecule has 104 valence electrons. The Morgan fingerprint density at radius 3 is 2.75 bits per heavy atom. The maximum absolute atomic E-state index is 11.2. The lowest BCUT2D eigenvalue weighted by molar-refractivity contribution is -0.384. The lowest BCUT2D eigenvalue weighted by Gasteiger charge is -2.08. The smallest absolute Gasteiger partial charge is 0.278 e. The molecule has 0 saturated carbocycles. The highest BCUT2D eigenvalue weighted by atomic mass is 16.6. The molecular weight excluding hydrogens is 258 g/mol. The van der Waals surface area contributed by atoms with Gasteiger partial charge in [0, 0.05) is 18.3 Å². The van der Waals surface area contributed by atoms with Crippen molar-refractivity contribution in [1.29, 1.82) is 0 Å². The van der Waals surface area contributed by atoms with Crippen LogP contribution in [0.4, 0.5) is 5.69 Å². The molecule has 0 aliphatic heterocycles. The first-order valence-corrected chi connectivity index (χ1v) is 6.36. The Morgan fingerprint density at radius 1 is 1.45 bits per heavy atom. The minimum Gasteiger partial charge on any atom is -0.298 e. The standard InChI is InChI=1S/C14H15N3O3/c1-3-10(2)16-8-11(9-18)14(15-16)12-6-4-5-7-13(12)17(19)20/h4-10H,3H2,1-2H3. The summed E-state index contributed by atoms with van der Waals surface area (Å²) < 4.78 is 1.68. The van der Waals surface area contributed by atoms with E-state index in [-0.39, 0.29) is 11.7 Å². The van der Waals surface area contributed by atoms with Crippen molar-refractivity contribution in [3.8, 4) is 11.3 Å². The highest BCUT2D eigenvalue weighted by molar-refractivity contribution is 5.88. The number of benzene rings is 1. The number of nitrogens with zero attached hydrogens (tertiary/aromatic N) is 3. The molecule has 0 aliphatic rings. The Hall–Kier alpha value is -2.50. The van der Waals surface area contributed by atoms with Crippen molar-refractivity contribution in [3.05, 3.63) is 46.1 Å². The summed E-state index contributed by atoms with van der Waals surface area (Å²) in [6, 6.07) is 6.43. The van der Waals surface area contributed by atoms with E-state index >= 15 is 0 Å². The average molecular weight is 273 g/mol. The number of carbonyl (C=O) groups excluding carboxylic acids is 1. The molecule has 0 bridgehead atoms. The first-order chi connectivity index (χ1) is 9.58. The molecule has 0 saturated heterocycles. The van der Waals surface area contributed by atoms with Gasteiger partial charge in [0.05, 0.1) is 16.1 Å². The molecule has 0 aliphatic carbocycles. The van der Waals surface area contributed by atoms with Crippen molar-refractivity contribution in [2.45, 2.75) is 26.3 Å². The maximum atomic E-state index is 11.2. The lowest BCUT2D eigenvalue weighted by atomic mass is 10.1. The van der Waals surface area contributed by atoms with Gasteiger partial charge < -0.3 is 0 Å². The molecule has 0 radical (unpaired) electrons. The summed E-state index contributed by atoms with van der Waals surface area (Å²) >= 11 is 0. The average Bonchev–Trinajstić information content (AvgIpc) is 2.90. The highest BCUT2D eigenvalue weighted by Crippen LogP contribution is 2.31. The third-order valence-corrected chi connectivity index (χ3v) is 3.29. The van der Waals surface area contributed by atoms with E-state index in [2.05, 4.69) is 5.10 Å². The number of nitro benzene ring substituents is 1. The quantitative estimate of drug-likeness (QED) is 0.476. The van der Waals surface area contributed by atoms with Crippen LogP contribution in [0.5, 0.6) is 0 Å². The maximum Gasteiger partial charge on any atom is 0.278 e. The van der Waals surface area contributed by atoms with Crippen LogP contribution in [0.15, 0.2) is 30.5 Å². The second-order valence-corrected chi connectivity index (χ2v) is 4.56. The number of hydrogen-bond donors (Lipinski definition) is 0. The Bertz CT molecular complexity index is 649. The summed E-state index contributed by atoms with van der Waals surface area (Å²) in [5, 5.41) is 15.4. The molecule has 0 amide bonds. The highest BCUT2D eigenvalue weighted by Gasteiger charge is 2.21. The minimum atomic E-state index is -0.466. The lowest BCUT2D eigenvalue weighted by Crippen LogP contribution is -2.04. The largest absolute Gasteiger partial charge is 0.298 e. The van der Waals surface area contributed by atoms with Crippen molar-refractivity contribution in [2.24, 2.45) is 0 Å². The van der Waals surface area contributed by atoms with E-state index in [0.29, 0.717) is 23.1 Å². The van der Waals surface area contributed by atoms with E-state index in [4.69, 9.17) is 0 Å². The topological polar surface area (TPSA) is 78.0 Å². The van der Waals surface area contributed by atoms with Gasteiger partial charge in [-0.2, -0.15) is 5.10 Å². The van der Waals surface area contributed by atoms with Gasteiger partial charge in [-0.15, -0.1) is 0 Å². The summed E-state index contributed by atoms with van der Waals surface area (Å²) in [7, 11) is 0. The van der Waals surface area contributed by atoms with Crippen LogP contribution in [0.25, 0.3) is 11.3 Å². The molecule has 6 nitrogen and oxygen atoms in total. The van der Waals surface area contributed by atoms with E-state index in [1.54, 1.807) is 29.1 Å². The molecule has 1 heterocycles. The number of carbonyl (C=O) groups is 1. The van der Waals surface area contributed by atoms with Crippen LogP contribution in [0.1, 0.15) is 36.7 Å². The second kappa shape index (κ2) is 5.64. The molecule has 0 spiro atoms. The van der Waals surface area contributed by atoms with Gasteiger partial charge in [-0.1, -0.05) is 19.1 Å². The van der Waals surface area contributed by atoms with Crippen LogP contribution in [0.3, 0.4) is 0 Å². The predicted molar refractivity (Wildman–Crippen MR) is 74.7 cm³/mol. The zero-order valence-corrected chi connectivity index (χ0v) is 11.3. The Labute approximate surface area is 116 Å². The van der Waals surface area contributed by atoms with Gasteiger partial charge in [0.15, 0.2) is 6.29 Å². The number of hydrogen-bond acceptors (Lipinski definition) is 4. The first-order valence-electron chi connectivity index (χ1n) is 6.36. The zero-order valence-electron chi connectivity index (χ0n) is 11.3. The van der Waals surface area contributed by atoms with Crippen LogP contribution in [0.2, 0.25) is 0 Å². The minimum absolute atomic E-state index is 0.0509. The summed E-state index contributed by atoms with van der Waals surface area (Å²) in [5.74, 6) is 0. The first kappa shape index (κ1) is 13.9. The van der Waals surface area contributed by atoms with Crippen LogP contribution >= 0.6 is 0 Å². The normalized spacial score (nSPS) is 12.1. The Balaban J connectivity index is 2.60. The van der Waals surface area contributed by atoms with Crippen molar-refractivity contribution in [3.63, 3.8) is 0 Å². The van der Waals surface area contributed by atoms with Crippen molar-refractivity contribution in [2.75, 3.05) is 0 Å². The molecule has 1 unspecified atom stereocenters. The van der Waals surface area contributed by atoms with E-state index < -0.39 is 4.92 Å². The molecule has 2 rings (SSSR count). The number of rotatable bonds is 5. The molecule has 20 heavy (non-hydrogen) atoms. The molecule has 1 aromatic carbocycles. The molecule has 1 atom stereocenters. The Kier molecular flexibility index (Phi) is 3.93. The number of aldehydes is 1. The summed E-state index contributed by atoms with van der Waals surface area (Å²) in [5.41, 5.74) is 1.03. The molecule has 2 aromatic rings. The fourth-order valence-electron chi connectivity index (χ4n) is 1.95. The van der Waals surface area contributed by atoms with Crippen molar-refractivity contribution >= 4 is 12.0 Å². The molecule has 0 N–H and O–H groups in total. The number of para-hydroxylation sites is 1. The molecule has 6 heteroatoms. The number of aromatic nitrogens is 2. The predicted octanol–water partition coefficient (Wildman–Crippen LogP) is 3.24. The van der Waals surface area contributed by atoms with Gasteiger partial charge in [-0.25, -0.2) is 0 Å². The summed E-state index contributed by atoms with van der Waals surface area (Å²) in [6.45, 7) is 3.99. The second-order valence-electron chi connectivity index (χ2n) is 4.56. The van der Waals surface area contributed by atoms with Gasteiger partial charge in [0.25, 0.3) is 5.69 Å². The van der Waals surface area contributed by atoms with Gasteiger partial charge in [0.1, 0.15) is 5.69 Å². The fraction of sp³-hybridized carbons (Fsp3) is 0.286. The summed E-state index contributed by atoms with van der Waals surface area (Å²) in [4.78, 5) is 21.8. The van der Waals surface area contributed by atoms with Crippen molar-refractivity contribution < 1.29 is 9.72 Å². The third-order valence-electron chi connectivity index (χ3n) is 3.29. The van der Waals surface area contributed by atoms with Gasteiger partial charge in [-0.05, 0) is 19.4 Å². The molecule has 0 fully saturated rings.